The van der Waals surface area contributed by atoms with Crippen LogP contribution in [0.4, 0.5) is 14.9 Å². The molecule has 1 atom stereocenters. The van der Waals surface area contributed by atoms with Crippen molar-refractivity contribution in [2.24, 2.45) is 0 Å². The molecule has 1 heterocycles. The van der Waals surface area contributed by atoms with Crippen molar-refractivity contribution < 1.29 is 18.7 Å². The molecule has 21 heavy (non-hydrogen) atoms. The van der Waals surface area contributed by atoms with E-state index in [1.807, 2.05) is 0 Å². The molecule has 0 saturated carbocycles. The average molecular weight is 296 g/mol. The highest BCUT2D eigenvalue weighted by molar-refractivity contribution is 5.89. The molecule has 1 aromatic carbocycles. The summed E-state index contributed by atoms with van der Waals surface area (Å²) < 4.78 is 24.3. The molecule has 0 bridgehead atoms. The lowest BCUT2D eigenvalue weighted by atomic mass is 10.1. The minimum Gasteiger partial charge on any atom is -0.497 e. The molecular weight excluding hydrogens is 275 g/mol. The molecule has 0 aromatic heterocycles. The van der Waals surface area contributed by atoms with Gasteiger partial charge in [-0.3, -0.25) is 0 Å². The first-order chi connectivity index (χ1) is 10.1. The zero-order chi connectivity index (χ0) is 15.2. The van der Waals surface area contributed by atoms with Crippen molar-refractivity contribution >= 4 is 11.7 Å². The summed E-state index contributed by atoms with van der Waals surface area (Å²) in [6, 6.07) is 3.97. The van der Waals surface area contributed by atoms with Gasteiger partial charge in [-0.2, -0.15) is 0 Å². The predicted molar refractivity (Wildman–Crippen MR) is 78.2 cm³/mol. The van der Waals surface area contributed by atoms with E-state index in [4.69, 9.17) is 9.47 Å². The van der Waals surface area contributed by atoms with E-state index < -0.39 is 5.82 Å². The van der Waals surface area contributed by atoms with Gasteiger partial charge in [-0.05, 0) is 31.4 Å². The van der Waals surface area contributed by atoms with Gasteiger partial charge in [-0.1, -0.05) is 0 Å². The summed E-state index contributed by atoms with van der Waals surface area (Å²) in [7, 11) is 3.14. The van der Waals surface area contributed by atoms with Gasteiger partial charge in [0.05, 0.1) is 18.9 Å². The smallest absolute Gasteiger partial charge is 0.321 e. The molecule has 1 aromatic rings. The maximum atomic E-state index is 13.8. The molecule has 6 heteroatoms. The monoisotopic (exact) mass is 296 g/mol. The second kappa shape index (κ2) is 7.26. The van der Waals surface area contributed by atoms with Crippen molar-refractivity contribution in [1.82, 2.24) is 4.90 Å². The summed E-state index contributed by atoms with van der Waals surface area (Å²) >= 11 is 0. The predicted octanol–water partition coefficient (Wildman–Crippen LogP) is 2.87. The molecule has 116 valence electrons. The lowest BCUT2D eigenvalue weighted by molar-refractivity contribution is 0.00463. The number of nitrogens with zero attached hydrogens (tertiary/aromatic N) is 1. The summed E-state index contributed by atoms with van der Waals surface area (Å²) in [5, 5.41) is 2.55. The van der Waals surface area contributed by atoms with Crippen LogP contribution in [0.15, 0.2) is 18.2 Å². The van der Waals surface area contributed by atoms with Gasteiger partial charge in [-0.15, -0.1) is 0 Å². The van der Waals surface area contributed by atoms with Gasteiger partial charge in [0.2, 0.25) is 0 Å². The van der Waals surface area contributed by atoms with E-state index in [0.29, 0.717) is 12.3 Å². The van der Waals surface area contributed by atoms with Gasteiger partial charge in [0.15, 0.2) is 0 Å². The highest BCUT2D eigenvalue weighted by atomic mass is 19.1. The van der Waals surface area contributed by atoms with Crippen LogP contribution in [-0.2, 0) is 4.74 Å². The number of carbonyl (C=O) groups excluding carboxylic acids is 1. The van der Waals surface area contributed by atoms with Crippen molar-refractivity contribution in [3.63, 3.8) is 0 Å². The standard InChI is InChI=1S/C15H21FN2O3/c1-18(10-12-5-3-4-8-21-12)15(19)17-14-7-6-11(20-2)9-13(14)16/h6-7,9,12H,3-5,8,10H2,1-2H3,(H,17,19). The second-order valence-corrected chi connectivity index (χ2v) is 5.15. The quantitative estimate of drug-likeness (QED) is 0.929. The summed E-state index contributed by atoms with van der Waals surface area (Å²) in [4.78, 5) is 13.6. The van der Waals surface area contributed by atoms with Gasteiger partial charge in [-0.25, -0.2) is 9.18 Å². The third-order valence-electron chi connectivity index (χ3n) is 3.52. The normalized spacial score (nSPS) is 18.1. The molecule has 0 radical (unpaired) electrons. The van der Waals surface area contributed by atoms with E-state index in [-0.39, 0.29) is 17.8 Å². The third-order valence-corrected chi connectivity index (χ3v) is 3.52. The van der Waals surface area contributed by atoms with Crippen LogP contribution < -0.4 is 10.1 Å². The topological polar surface area (TPSA) is 50.8 Å². The van der Waals surface area contributed by atoms with E-state index in [2.05, 4.69) is 5.32 Å². The number of halogens is 1. The number of anilines is 1. The van der Waals surface area contributed by atoms with E-state index in [1.165, 1.54) is 24.1 Å². The van der Waals surface area contributed by atoms with Crippen LogP contribution >= 0.6 is 0 Å². The van der Waals surface area contributed by atoms with Crippen LogP contribution in [0.2, 0.25) is 0 Å². The number of hydrogen-bond donors (Lipinski definition) is 1. The Morgan fingerprint density at radius 3 is 2.95 bits per heavy atom. The fourth-order valence-electron chi connectivity index (χ4n) is 2.27. The van der Waals surface area contributed by atoms with E-state index in [1.54, 1.807) is 13.1 Å². The number of nitrogens with one attached hydrogen (secondary N) is 1. The molecule has 1 aliphatic rings. The first kappa shape index (κ1) is 15.6. The first-order valence-corrected chi connectivity index (χ1v) is 7.07. The van der Waals surface area contributed by atoms with Crippen molar-refractivity contribution in [3.8, 4) is 5.75 Å². The number of ether oxygens (including phenoxy) is 2. The molecule has 1 aliphatic heterocycles. The number of amides is 2. The molecule has 1 fully saturated rings. The highest BCUT2D eigenvalue weighted by Crippen LogP contribution is 2.21. The number of carbonyl (C=O) groups is 1. The first-order valence-electron chi connectivity index (χ1n) is 7.07. The van der Waals surface area contributed by atoms with Gasteiger partial charge < -0.3 is 19.7 Å². The second-order valence-electron chi connectivity index (χ2n) is 5.15. The van der Waals surface area contributed by atoms with E-state index in [9.17, 15) is 9.18 Å². The Labute approximate surface area is 124 Å². The SMILES string of the molecule is COc1ccc(NC(=O)N(C)CC2CCCCO2)c(F)c1. The lowest BCUT2D eigenvalue weighted by Crippen LogP contribution is -2.39. The zero-order valence-corrected chi connectivity index (χ0v) is 12.4. The van der Waals surface area contributed by atoms with Crippen LogP contribution in [0.25, 0.3) is 0 Å². The maximum Gasteiger partial charge on any atom is 0.321 e. The molecule has 1 unspecified atom stereocenters. The maximum absolute atomic E-state index is 13.8. The summed E-state index contributed by atoms with van der Waals surface area (Å²) in [6.45, 7) is 1.25. The van der Waals surface area contributed by atoms with Crippen LogP contribution in [0.3, 0.4) is 0 Å². The number of likely N-dealkylation sites (N-methyl/N-ethyl adjacent to an activating group) is 1. The van der Waals surface area contributed by atoms with Gasteiger partial charge in [0.25, 0.3) is 0 Å². The van der Waals surface area contributed by atoms with Crippen LogP contribution in [0.5, 0.6) is 5.75 Å². The Kier molecular flexibility index (Phi) is 5.38. The average Bonchev–Trinajstić information content (AvgIpc) is 2.50. The fourth-order valence-corrected chi connectivity index (χ4v) is 2.27. The minimum absolute atomic E-state index is 0.0650. The summed E-state index contributed by atoms with van der Waals surface area (Å²) in [5.74, 6) is -0.112. The minimum atomic E-state index is -0.523. The Morgan fingerprint density at radius 1 is 1.52 bits per heavy atom. The molecule has 2 amide bonds. The van der Waals surface area contributed by atoms with Crippen LogP contribution in [0, 0.1) is 5.82 Å². The van der Waals surface area contributed by atoms with Crippen molar-refractivity contribution in [1.29, 1.82) is 0 Å². The Balaban J connectivity index is 1.90. The lowest BCUT2D eigenvalue weighted by Gasteiger charge is -2.27. The third kappa shape index (κ3) is 4.32. The van der Waals surface area contributed by atoms with E-state index >= 15 is 0 Å². The number of rotatable bonds is 4. The summed E-state index contributed by atoms with van der Waals surface area (Å²) in [5.41, 5.74) is 0.136. The molecule has 0 spiro atoms. The Morgan fingerprint density at radius 2 is 2.33 bits per heavy atom. The number of benzene rings is 1. The van der Waals surface area contributed by atoms with Crippen LogP contribution in [0.1, 0.15) is 19.3 Å². The van der Waals surface area contributed by atoms with Gasteiger partial charge in [0.1, 0.15) is 11.6 Å². The van der Waals surface area contributed by atoms with Gasteiger partial charge in [0, 0.05) is 26.3 Å². The zero-order valence-electron chi connectivity index (χ0n) is 12.4. The van der Waals surface area contributed by atoms with Crippen molar-refractivity contribution in [3.05, 3.63) is 24.0 Å². The molecule has 1 N–H and O–H groups in total. The Bertz CT molecular complexity index is 490. The van der Waals surface area contributed by atoms with Crippen molar-refractivity contribution in [2.45, 2.75) is 25.4 Å². The van der Waals surface area contributed by atoms with Crippen molar-refractivity contribution in [2.75, 3.05) is 32.6 Å². The molecule has 1 saturated heterocycles. The highest BCUT2D eigenvalue weighted by Gasteiger charge is 2.19. The molecular formula is C15H21FN2O3. The number of hydrogen-bond acceptors (Lipinski definition) is 3. The fraction of sp³-hybridized carbons (Fsp3) is 0.533. The van der Waals surface area contributed by atoms with Gasteiger partial charge >= 0.3 is 6.03 Å². The largest absolute Gasteiger partial charge is 0.497 e. The molecule has 0 aliphatic carbocycles. The van der Waals surface area contributed by atoms with E-state index in [0.717, 1.165) is 25.9 Å². The molecule has 2 rings (SSSR count). The number of urea groups is 1. The number of methoxy groups -OCH3 is 1. The summed E-state index contributed by atoms with van der Waals surface area (Å²) in [6.07, 6.45) is 3.21. The Hall–Kier alpha value is -1.82. The van der Waals surface area contributed by atoms with Crippen LogP contribution in [-0.4, -0.2) is 44.3 Å². The molecule has 5 nitrogen and oxygen atoms in total.